The van der Waals surface area contributed by atoms with Gasteiger partial charge in [0.05, 0.1) is 97.3 Å². The lowest BCUT2D eigenvalue weighted by atomic mass is 9.93. The molecule has 0 radical (unpaired) electrons. The van der Waals surface area contributed by atoms with Gasteiger partial charge in [0.2, 0.25) is 11.8 Å². The van der Waals surface area contributed by atoms with E-state index >= 15 is 8.42 Å². The molecule has 5 fully saturated rings. The van der Waals surface area contributed by atoms with Gasteiger partial charge in [-0.15, -0.1) is 0 Å². The summed E-state index contributed by atoms with van der Waals surface area (Å²) in [6.07, 6.45) is -36.7. The lowest BCUT2D eigenvalue weighted by Crippen LogP contribution is -2.72. The number of hydrogen-bond donors (Lipinski definition) is 6. The van der Waals surface area contributed by atoms with Gasteiger partial charge in [-0.1, -0.05) is 254 Å². The highest BCUT2D eigenvalue weighted by Gasteiger charge is 2.62. The van der Waals surface area contributed by atoms with Crippen LogP contribution in [0, 0.1) is 0 Å². The van der Waals surface area contributed by atoms with Crippen molar-refractivity contribution in [2.75, 3.05) is 40.1 Å². The van der Waals surface area contributed by atoms with Crippen molar-refractivity contribution in [3.05, 3.63) is 276 Å². The van der Waals surface area contributed by atoms with E-state index in [2.05, 4.69) is 73.0 Å². The van der Waals surface area contributed by atoms with Crippen molar-refractivity contribution in [1.82, 2.24) is 9.62 Å². The minimum Gasteiger partial charge on any atom is -0.497 e. The second kappa shape index (κ2) is 49.6. The zero-order valence-electron chi connectivity index (χ0n) is 81.4. The van der Waals surface area contributed by atoms with E-state index < -0.39 is 233 Å². The second-order valence-electron chi connectivity index (χ2n) is 38.6. The Balaban J connectivity index is 1.02. The van der Waals surface area contributed by atoms with E-state index in [1.54, 1.807) is 30.3 Å². The van der Waals surface area contributed by atoms with E-state index in [0.29, 0.717) is 15.6 Å². The smallest absolute Gasteiger partial charge is 0.303 e. The number of methoxy groups -OCH3 is 1. The zero-order valence-corrected chi connectivity index (χ0v) is 84.2. The molecule has 5 saturated heterocycles. The summed E-state index contributed by atoms with van der Waals surface area (Å²) in [5, 5.41) is 50.9. The van der Waals surface area contributed by atoms with Crippen molar-refractivity contribution in [3.63, 3.8) is 0 Å². The number of nitrogens with zero attached hydrogens (tertiary/aromatic N) is 1. The van der Waals surface area contributed by atoms with Gasteiger partial charge in [-0.05, 0) is 99.5 Å². The Morgan fingerprint density at radius 3 is 1.13 bits per heavy atom. The molecule has 5 heterocycles. The van der Waals surface area contributed by atoms with Crippen LogP contribution in [0.1, 0.15) is 101 Å². The molecule has 13 rings (SSSR count). The first kappa shape index (κ1) is 108. The van der Waals surface area contributed by atoms with Crippen molar-refractivity contribution in [2.24, 2.45) is 5.73 Å². The van der Waals surface area contributed by atoms with Crippen LogP contribution in [0.3, 0.4) is 0 Å². The Hall–Kier alpha value is -8.57. The zero-order chi connectivity index (χ0) is 99.4. The molecule has 0 unspecified atom stereocenters. The summed E-state index contributed by atoms with van der Waals surface area (Å²) in [7, 11) is -9.92. The third-order valence-electron chi connectivity index (χ3n) is 26.4. The predicted octanol–water partition coefficient (Wildman–Crippen LogP) is 11.6. The molecule has 35 heteroatoms. The van der Waals surface area contributed by atoms with Gasteiger partial charge in [0.25, 0.3) is 10.0 Å². The molecule has 2 amide bonds. The van der Waals surface area contributed by atoms with E-state index in [-0.39, 0.29) is 59.5 Å². The molecule has 8 aromatic carbocycles. The van der Waals surface area contributed by atoms with E-state index in [4.69, 9.17) is 99.8 Å². The highest BCUT2D eigenvalue weighted by atomic mass is 32.2. The molecule has 0 spiro atoms. The van der Waals surface area contributed by atoms with Crippen molar-refractivity contribution in [3.8, 4) is 5.75 Å². The largest absolute Gasteiger partial charge is 0.497 e. The van der Waals surface area contributed by atoms with Crippen molar-refractivity contribution < 1.29 is 137 Å². The Morgan fingerprint density at radius 2 is 0.734 bits per heavy atom. The number of ether oxygens (including phenoxy) is 18. The highest BCUT2D eigenvalue weighted by Crippen LogP contribution is 2.47. The van der Waals surface area contributed by atoms with Gasteiger partial charge < -0.3 is 126 Å². The molecule has 139 heavy (non-hydrogen) atoms. The number of carbonyl (C=O) groups is 3. The molecule has 32 nitrogen and oxygen atoms in total. The minimum atomic E-state index is -5.19. The number of benzene rings is 8. The normalized spacial score (nSPS) is 28.8. The number of esters is 1. The van der Waals surface area contributed by atoms with Crippen LogP contribution in [0.25, 0.3) is 0 Å². The van der Waals surface area contributed by atoms with E-state index in [1.807, 2.05) is 182 Å². The molecule has 25 atom stereocenters. The molecule has 756 valence electrons. The van der Waals surface area contributed by atoms with Crippen LogP contribution >= 0.6 is 0 Å². The summed E-state index contributed by atoms with van der Waals surface area (Å²) < 4.78 is 174. The lowest BCUT2D eigenvalue weighted by Gasteiger charge is -2.53. The monoisotopic (exact) mass is 1980 g/mol. The van der Waals surface area contributed by atoms with Crippen molar-refractivity contribution >= 4 is 44.4 Å². The van der Waals surface area contributed by atoms with Crippen LogP contribution in [-0.4, -0.2) is 261 Å². The van der Waals surface area contributed by atoms with Gasteiger partial charge in [-0.3, -0.25) is 14.4 Å². The lowest BCUT2D eigenvalue weighted by molar-refractivity contribution is -0.389. The molecule has 7 N–H and O–H groups in total. The summed E-state index contributed by atoms with van der Waals surface area (Å²) in [5.41, 5.74) is 12.0. The van der Waals surface area contributed by atoms with Crippen LogP contribution in [0.15, 0.2) is 241 Å². The first-order valence-electron chi connectivity index (χ1n) is 47.2. The standard InChI is InChI=1S/C104H137N3O29SSi2/c1-66(110)106-83-85(113)87(78(54-108)127-98(83)105)132-99-84(107(67(2)111)137(115,116)77-48-34-21-35-49-77)86(114)88(79(55-109)128-99)133-101-95(126-68(3)112)94(134-102-97(136-139(13,14)104(7,8)9)93(124-61-74-46-32-20-33-47-74)90(121-59-72-42-28-18-29-43-72)81(130-102)64-119-57-70-38-24-16-25-39-70)91(122-62-75-50-52-76(117-10)53-51-75)82(131-101)65-125-100-96(135-138(11,12)103(4,5)6)92(123-60-73-44-30-19-31-45-73)89(120-58-71-40-26-17-27-41-71)80(129-100)63-118-56-69-36-22-15-23-37-69/h15-53,78-102,108-109,113-114H,54-65,105H2,1-14H3,(H,106,110)/t78-,79-,80-,81-,82-,83-,84-,85-,86-,87-,88-,89-,90-,91-,92+,93+,94+,95+,96+,97+,98-,99+,100+,101+,102-/m1/s1. The molecular formula is C104H137N3O29SSi2. The highest BCUT2D eigenvalue weighted by molar-refractivity contribution is 7.89. The van der Waals surface area contributed by atoms with Crippen LogP contribution in [0.4, 0.5) is 0 Å². The molecule has 0 aliphatic carbocycles. The first-order valence-corrected chi connectivity index (χ1v) is 54.5. The van der Waals surface area contributed by atoms with Crippen LogP contribution in [-0.2, 0) is 160 Å². The quantitative estimate of drug-likeness (QED) is 0.0153. The van der Waals surface area contributed by atoms with E-state index in [1.165, 1.54) is 31.4 Å². The maximum absolute atomic E-state index is 15.7. The number of nitrogens with one attached hydrogen (secondary N) is 1. The fourth-order valence-electron chi connectivity index (χ4n) is 17.0. The van der Waals surface area contributed by atoms with Crippen LogP contribution < -0.4 is 15.8 Å². The minimum absolute atomic E-state index is 0.00271. The summed E-state index contributed by atoms with van der Waals surface area (Å²) in [6, 6.07) is 67.8. The van der Waals surface area contributed by atoms with Gasteiger partial charge in [0, 0.05) is 20.8 Å². The fraction of sp³-hybridized carbons (Fsp3) is 0.510. The topological polar surface area (TPSA) is 392 Å². The number of aliphatic hydroxyl groups excluding tert-OH is 4. The van der Waals surface area contributed by atoms with Gasteiger partial charge in [0.1, 0.15) is 122 Å². The van der Waals surface area contributed by atoms with Gasteiger partial charge in [-0.2, -0.15) is 0 Å². The van der Waals surface area contributed by atoms with E-state index in [0.717, 1.165) is 54.2 Å². The summed E-state index contributed by atoms with van der Waals surface area (Å²) in [5.74, 6) is -2.35. The number of aliphatic hydroxyl groups is 4. The Morgan fingerprint density at radius 1 is 0.396 bits per heavy atom. The Labute approximate surface area is 817 Å². The molecule has 5 aliphatic rings. The molecule has 0 saturated carbocycles. The Kier molecular flexibility index (Phi) is 38.4. The SMILES string of the molecule is COc1ccc(CO[C@H]2[C@H](O[C@H]3O[C@H](COCc4ccccc4)[C@@H](OCc4ccccc4)[C@H](OCc4ccccc4)[C@@H]3O[Si](C)(C)C(C)(C)C)[C@H](OC(C)=O)[C@H](O[C@H]3[C@H](O)[C@@H](N(C(C)=O)S(=O)(=O)c4ccccc4)[C@H](O[C@H]4[C@H](O)[C@@H](NC(C)=O)[C@H](N)O[C@@H]4CO)O[C@@H]3CO)O[C@@H]2CO[C@H]2O[C@H](COCc3ccccc3)[C@@H](OCc3ccccc3)[C@H](OCc3ccccc3)[C@@H]2O[Si](C)(C)C(C)(C)C)cc1. The van der Waals surface area contributed by atoms with Gasteiger partial charge in [-0.25, -0.2) is 12.7 Å². The summed E-state index contributed by atoms with van der Waals surface area (Å²) in [4.78, 5) is 42.2. The van der Waals surface area contributed by atoms with Crippen LogP contribution in [0.2, 0.25) is 36.3 Å². The van der Waals surface area contributed by atoms with Gasteiger partial charge in [0.15, 0.2) is 47.9 Å². The summed E-state index contributed by atoms with van der Waals surface area (Å²) >= 11 is 0. The van der Waals surface area contributed by atoms with E-state index in [9.17, 15) is 34.8 Å². The molecule has 0 aromatic heterocycles. The molecule has 8 aromatic rings. The third-order valence-corrected chi connectivity index (χ3v) is 37.2. The first-order chi connectivity index (χ1) is 66.5. The molecule has 0 bridgehead atoms. The average Bonchev–Trinajstić information content (AvgIpc) is 0.738. The summed E-state index contributed by atoms with van der Waals surface area (Å²) in [6.45, 7) is 21.3. The van der Waals surface area contributed by atoms with Crippen molar-refractivity contribution in [2.45, 2.75) is 303 Å². The second-order valence-corrected chi connectivity index (χ2v) is 49.9. The Bertz CT molecular complexity index is 5190. The number of nitrogens with two attached hydrogens (primary N) is 1. The maximum atomic E-state index is 15.7. The maximum Gasteiger partial charge on any atom is 0.303 e. The third kappa shape index (κ3) is 28.1. The number of rotatable bonds is 44. The number of hydrogen-bond acceptors (Lipinski definition) is 30. The molecular weight excluding hydrogens is 1840 g/mol. The van der Waals surface area contributed by atoms with Gasteiger partial charge >= 0.3 is 5.97 Å². The number of sulfonamides is 1. The number of amides is 2. The van der Waals surface area contributed by atoms with Crippen molar-refractivity contribution in [1.29, 1.82) is 0 Å². The predicted molar refractivity (Wildman–Crippen MR) is 515 cm³/mol. The number of carbonyl (C=O) groups excluding carboxylic acids is 3. The average molecular weight is 1980 g/mol. The van der Waals surface area contributed by atoms with Crippen LogP contribution in [0.5, 0.6) is 5.75 Å². The molecule has 5 aliphatic heterocycles. The fourth-order valence-corrected chi connectivity index (χ4v) is 21.2.